The van der Waals surface area contributed by atoms with Crippen molar-refractivity contribution in [1.29, 1.82) is 0 Å². The number of hydrogen-bond acceptors (Lipinski definition) is 22. The molecule has 2 rings (SSSR count). The molecule has 586 valence electrons. The monoisotopic (exact) mass is 1480 g/mol. The lowest BCUT2D eigenvalue weighted by molar-refractivity contribution is -0.153. The first-order chi connectivity index (χ1) is 48.3. The summed E-state index contributed by atoms with van der Waals surface area (Å²) in [5.74, 6) is -18.6. The lowest BCUT2D eigenvalue weighted by atomic mass is 9.87. The number of likely N-dealkylation sites (N-methyl/N-ethyl adjacent to an activating group) is 1. The van der Waals surface area contributed by atoms with Crippen molar-refractivity contribution in [2.24, 2.45) is 79.9 Å². The number of nitrogens with zero attached hydrogens (tertiary/aromatic N) is 3. The molecular formula is C66H112N18O20. The minimum absolute atomic E-state index is 0.0236. The summed E-state index contributed by atoms with van der Waals surface area (Å²) < 4.78 is 5.69. The highest BCUT2D eigenvalue weighted by atomic mass is 16.5. The number of guanidine groups is 2. The molecule has 1 fully saturated rings. The average Bonchev–Trinajstić information content (AvgIpc) is 1.59. The SMILES string of the molecule is CC(C)C[C@H](NC(=O)[C@@H](CCCN=C(N)N)NC(=O)[C@H](NC(=O)[C@H](NC(=O)[C@@H](NC(=O)[C@H](O)[C@H](O)[C@H](CCCN=C(N)N)NC(=O)[C@@H](C)NC(=O)[C@H](C)[C@H](O)[C@H](C)CC(C)C)[C@@H](C)[C@@H](C)C(N)=O)[C@@H](C)O)[C@@H](C)O)C(=O)N[C@@H](CCC(N)=O)C(=O)N[C@H]1C(=O)N(C)[C@@H](C)C(=O)O[C@H]1c1ccc(O)cc1. The quantitative estimate of drug-likeness (QED) is 0.0125. The summed E-state index contributed by atoms with van der Waals surface area (Å²) in [6, 6.07) is -11.4. The van der Waals surface area contributed by atoms with E-state index in [-0.39, 0.29) is 80.3 Å². The molecule has 1 aromatic carbocycles. The number of nitrogens with one attached hydrogen (secondary N) is 9. The lowest BCUT2D eigenvalue weighted by Crippen LogP contribution is -2.64. The number of aliphatic hydroxyl groups excluding tert-OH is 5. The van der Waals surface area contributed by atoms with E-state index in [0.717, 1.165) is 18.7 Å². The molecule has 38 nitrogen and oxygen atoms in total. The minimum atomic E-state index is -2.50. The molecule has 1 heterocycles. The second-order valence-electron chi connectivity index (χ2n) is 27.4. The maximum Gasteiger partial charge on any atom is 0.329 e. The lowest BCUT2D eigenvalue weighted by Gasteiger charge is -2.33. The number of ether oxygens (including phenoxy) is 1. The zero-order valence-corrected chi connectivity index (χ0v) is 61.3. The predicted molar refractivity (Wildman–Crippen MR) is 377 cm³/mol. The molecule has 1 aromatic rings. The number of cyclic esters (lactones) is 1. The Balaban J connectivity index is 2.54. The smallest absolute Gasteiger partial charge is 0.329 e. The summed E-state index contributed by atoms with van der Waals surface area (Å²) in [6.45, 7) is 17.6. The number of amides is 12. The van der Waals surface area contributed by atoms with E-state index in [4.69, 9.17) is 39.1 Å². The minimum Gasteiger partial charge on any atom is -0.508 e. The van der Waals surface area contributed by atoms with Crippen molar-refractivity contribution in [2.75, 3.05) is 20.1 Å². The van der Waals surface area contributed by atoms with Gasteiger partial charge in [0.2, 0.25) is 65.0 Å². The van der Waals surface area contributed by atoms with Gasteiger partial charge in [-0.15, -0.1) is 0 Å². The Labute approximate surface area is 604 Å². The highest BCUT2D eigenvalue weighted by molar-refractivity contribution is 5.99. The fraction of sp³-hybridized carbons (Fsp3) is 0.682. The fourth-order valence-corrected chi connectivity index (χ4v) is 11.1. The van der Waals surface area contributed by atoms with Crippen LogP contribution in [0.1, 0.15) is 146 Å². The molecule has 0 unspecified atom stereocenters. The van der Waals surface area contributed by atoms with Crippen LogP contribution >= 0.6 is 0 Å². The first-order valence-electron chi connectivity index (χ1n) is 34.4. The molecule has 20 atom stereocenters. The number of carbonyl (C=O) groups is 13. The molecule has 0 saturated carbocycles. The number of carbonyl (C=O) groups excluding carboxylic acids is 13. The van der Waals surface area contributed by atoms with Crippen molar-refractivity contribution in [3.8, 4) is 5.75 Å². The first kappa shape index (κ1) is 90.6. The van der Waals surface area contributed by atoms with E-state index in [1.54, 1.807) is 20.8 Å². The van der Waals surface area contributed by atoms with Gasteiger partial charge in [-0.05, 0) is 114 Å². The third kappa shape index (κ3) is 29.0. The average molecular weight is 1480 g/mol. The number of phenolic OH excluding ortho intramolecular Hbond substituents is 1. The second kappa shape index (κ2) is 42.9. The number of aliphatic imine (C=N–C) groups is 2. The van der Waals surface area contributed by atoms with E-state index in [1.165, 1.54) is 65.9 Å². The molecule has 38 heteroatoms. The molecule has 104 heavy (non-hydrogen) atoms. The standard InChI is InChI=1S/C66H112N18O20/c1-28(2)26-30(5)49(89)33(8)54(93)75-34(9)55(94)76-40(16-14-24-73-65(69)70)50(90)51(91)62(101)80-45(31(6)32(7)53(68)92)59(98)81-47(37(12)86)61(100)82-46(36(11)85)60(99)78-41(17-15-25-74-66(71)72)56(95)79-43(27-29(3)4)58(97)77-42(22-23-44(67)88)57(96)83-48-52(38-18-20-39(87)21-19-38)104-64(103)35(10)84(13)63(48)102/h18-21,28-37,40-43,45-52,85-87,89-91H,14-17,22-27H2,1-13H3,(H2,67,88)(H2,68,92)(H,75,93)(H,76,94)(H,77,97)(H,78,99)(H,79,95)(H,80,101)(H,81,98)(H,82,100)(H,83,96)(H4,69,70,73)(H4,71,72,74)/t30-,31+,32-,33-,34-,35+,36-,37-,40+,41-,42+,43+,45+,46-,47-,48-,49-,50-,51-,52+/m1/s1. The summed E-state index contributed by atoms with van der Waals surface area (Å²) in [7, 11) is 1.29. The molecule has 1 aliphatic heterocycles. The van der Waals surface area contributed by atoms with Crippen LogP contribution in [-0.2, 0) is 67.1 Å². The third-order valence-corrected chi connectivity index (χ3v) is 17.7. The molecule has 0 aliphatic carbocycles. The van der Waals surface area contributed by atoms with Gasteiger partial charge in [0.15, 0.2) is 24.1 Å². The molecule has 1 aliphatic rings. The van der Waals surface area contributed by atoms with Gasteiger partial charge in [-0.1, -0.05) is 67.5 Å². The van der Waals surface area contributed by atoms with Crippen LogP contribution in [0, 0.1) is 35.5 Å². The summed E-state index contributed by atoms with van der Waals surface area (Å²) in [6.07, 6.45) is -12.0. The van der Waals surface area contributed by atoms with Crippen LogP contribution in [-0.4, -0.2) is 235 Å². The molecule has 1 saturated heterocycles. The molecule has 0 aromatic heterocycles. The molecule has 27 N–H and O–H groups in total. The van der Waals surface area contributed by atoms with E-state index < -0.39 is 210 Å². The normalized spacial score (nSPS) is 19.5. The summed E-state index contributed by atoms with van der Waals surface area (Å²) >= 11 is 0. The molecular weight excluding hydrogens is 1360 g/mol. The Kier molecular flexibility index (Phi) is 37.4. The van der Waals surface area contributed by atoms with Crippen LogP contribution in [0.2, 0.25) is 0 Å². The molecule has 0 bridgehead atoms. The van der Waals surface area contributed by atoms with Crippen LogP contribution in [0.4, 0.5) is 0 Å². The summed E-state index contributed by atoms with van der Waals surface area (Å²) in [4.78, 5) is 188. The van der Waals surface area contributed by atoms with Crippen molar-refractivity contribution >= 4 is 88.8 Å². The number of nitrogens with two attached hydrogens (primary N) is 6. The van der Waals surface area contributed by atoms with Crippen molar-refractivity contribution in [2.45, 2.75) is 231 Å². The summed E-state index contributed by atoms with van der Waals surface area (Å²) in [5, 5.41) is 87.8. The van der Waals surface area contributed by atoms with Gasteiger partial charge in [-0.25, -0.2) is 4.79 Å². The zero-order valence-electron chi connectivity index (χ0n) is 61.3. The summed E-state index contributed by atoms with van der Waals surface area (Å²) in [5.41, 5.74) is 33.3. The van der Waals surface area contributed by atoms with Crippen molar-refractivity contribution in [1.82, 2.24) is 52.8 Å². The number of aliphatic hydroxyl groups is 5. The topological polar surface area (TPSA) is 645 Å². The van der Waals surface area contributed by atoms with E-state index >= 15 is 0 Å². The van der Waals surface area contributed by atoms with Crippen LogP contribution in [0.3, 0.4) is 0 Å². The number of benzene rings is 1. The van der Waals surface area contributed by atoms with Crippen LogP contribution in [0.15, 0.2) is 34.3 Å². The highest BCUT2D eigenvalue weighted by Gasteiger charge is 2.45. The van der Waals surface area contributed by atoms with Crippen LogP contribution < -0.4 is 82.3 Å². The number of rotatable bonds is 43. The maximum atomic E-state index is 14.5. The number of hydrogen-bond donors (Lipinski definition) is 21. The molecule has 12 amide bonds. The van der Waals surface area contributed by atoms with Gasteiger partial charge >= 0.3 is 5.97 Å². The Bertz CT molecular complexity index is 3170. The Morgan fingerprint density at radius 1 is 0.529 bits per heavy atom. The van der Waals surface area contributed by atoms with Gasteiger partial charge in [0.05, 0.1) is 30.3 Å². The second-order valence-corrected chi connectivity index (χ2v) is 27.4. The van der Waals surface area contributed by atoms with Gasteiger partial charge in [-0.2, -0.15) is 0 Å². The van der Waals surface area contributed by atoms with Gasteiger partial charge in [-0.3, -0.25) is 67.5 Å². The largest absolute Gasteiger partial charge is 0.508 e. The van der Waals surface area contributed by atoms with Crippen molar-refractivity contribution in [3.05, 3.63) is 29.8 Å². The predicted octanol–water partition coefficient (Wildman–Crippen LogP) is -6.44. The molecule has 0 radical (unpaired) electrons. The Morgan fingerprint density at radius 2 is 1.00 bits per heavy atom. The van der Waals surface area contributed by atoms with Crippen molar-refractivity contribution < 1.29 is 97.7 Å². The Hall–Kier alpha value is -9.53. The number of primary amides is 2. The van der Waals surface area contributed by atoms with Crippen molar-refractivity contribution in [3.63, 3.8) is 0 Å². The van der Waals surface area contributed by atoms with Gasteiger partial charge in [0, 0.05) is 32.5 Å². The van der Waals surface area contributed by atoms with Gasteiger partial charge < -0.3 is 123 Å². The fourth-order valence-electron chi connectivity index (χ4n) is 11.1. The maximum absolute atomic E-state index is 14.5. The van der Waals surface area contributed by atoms with Crippen LogP contribution in [0.5, 0.6) is 5.75 Å². The number of esters is 1. The van der Waals surface area contributed by atoms with E-state index in [2.05, 4.69) is 57.8 Å². The van der Waals surface area contributed by atoms with Gasteiger partial charge in [0.25, 0.3) is 5.91 Å². The Morgan fingerprint density at radius 3 is 1.50 bits per heavy atom. The first-order valence-corrected chi connectivity index (χ1v) is 34.4. The zero-order chi connectivity index (χ0) is 79.5. The number of phenols is 1. The highest BCUT2D eigenvalue weighted by Crippen LogP contribution is 2.29. The van der Waals surface area contributed by atoms with Gasteiger partial charge in [0.1, 0.15) is 66.2 Å². The number of aromatic hydroxyl groups is 1. The van der Waals surface area contributed by atoms with Crippen LogP contribution in [0.25, 0.3) is 0 Å². The van der Waals surface area contributed by atoms with E-state index in [1.807, 2.05) is 13.8 Å². The van der Waals surface area contributed by atoms with E-state index in [9.17, 15) is 93.0 Å². The van der Waals surface area contributed by atoms with E-state index in [0.29, 0.717) is 6.42 Å². The third-order valence-electron chi connectivity index (χ3n) is 17.7. The molecule has 0 spiro atoms.